The first-order chi connectivity index (χ1) is 8.63. The summed E-state index contributed by atoms with van der Waals surface area (Å²) in [7, 11) is 1.68. The van der Waals surface area contributed by atoms with Gasteiger partial charge in [0.2, 0.25) is 0 Å². The average molecular weight is 248 g/mol. The lowest BCUT2D eigenvalue weighted by Gasteiger charge is -2.29. The quantitative estimate of drug-likeness (QED) is 0.547. The minimum absolute atomic E-state index is 0.0718. The van der Waals surface area contributed by atoms with Gasteiger partial charge in [0.1, 0.15) is 5.75 Å². The third-order valence-electron chi connectivity index (χ3n) is 3.10. The topological polar surface area (TPSA) is 47.3 Å². The maximum atomic E-state index is 5.88. The Kier molecular flexibility index (Phi) is 5.89. The Morgan fingerprint density at radius 1 is 1.39 bits per heavy atom. The standard InChI is InChI=1S/C15H24N2O/c1-4-5-10-17-15(2,12-16)11-13-6-8-14(18-3)9-7-13/h4,6-9,17H,1,5,10-12,16H2,2-3H3. The molecule has 1 rings (SSSR count). The van der Waals surface area contributed by atoms with Gasteiger partial charge >= 0.3 is 0 Å². The maximum absolute atomic E-state index is 5.88. The molecule has 0 heterocycles. The van der Waals surface area contributed by atoms with Gasteiger partial charge in [-0.2, -0.15) is 0 Å². The molecule has 0 amide bonds. The van der Waals surface area contributed by atoms with Gasteiger partial charge in [0.05, 0.1) is 7.11 Å². The first kappa shape index (κ1) is 14.7. The van der Waals surface area contributed by atoms with E-state index in [1.165, 1.54) is 5.56 Å². The van der Waals surface area contributed by atoms with E-state index in [1.807, 2.05) is 18.2 Å². The Balaban J connectivity index is 2.62. The summed E-state index contributed by atoms with van der Waals surface area (Å²) in [6.45, 7) is 7.39. The first-order valence-electron chi connectivity index (χ1n) is 6.32. The summed E-state index contributed by atoms with van der Waals surface area (Å²) in [5.41, 5.74) is 7.07. The minimum atomic E-state index is -0.0718. The average Bonchev–Trinajstić information content (AvgIpc) is 2.40. The number of hydrogen-bond acceptors (Lipinski definition) is 3. The molecule has 18 heavy (non-hydrogen) atoms. The smallest absolute Gasteiger partial charge is 0.118 e. The zero-order valence-corrected chi connectivity index (χ0v) is 11.4. The van der Waals surface area contributed by atoms with E-state index in [-0.39, 0.29) is 5.54 Å². The molecule has 3 heteroatoms. The van der Waals surface area contributed by atoms with Crippen molar-refractivity contribution >= 4 is 0 Å². The van der Waals surface area contributed by atoms with Gasteiger partial charge < -0.3 is 15.8 Å². The first-order valence-corrected chi connectivity index (χ1v) is 6.32. The molecule has 0 aliphatic carbocycles. The number of ether oxygens (including phenoxy) is 1. The van der Waals surface area contributed by atoms with Gasteiger partial charge in [-0.15, -0.1) is 6.58 Å². The molecule has 1 atom stereocenters. The van der Waals surface area contributed by atoms with E-state index in [1.54, 1.807) is 7.11 Å². The molecule has 0 spiro atoms. The highest BCUT2D eigenvalue weighted by molar-refractivity contribution is 5.28. The number of nitrogens with two attached hydrogens (primary N) is 1. The molecule has 0 aliphatic heterocycles. The molecule has 1 unspecified atom stereocenters. The highest BCUT2D eigenvalue weighted by Gasteiger charge is 2.21. The van der Waals surface area contributed by atoms with Crippen molar-refractivity contribution in [2.45, 2.75) is 25.3 Å². The number of methoxy groups -OCH3 is 1. The summed E-state index contributed by atoms with van der Waals surface area (Å²) in [4.78, 5) is 0. The van der Waals surface area contributed by atoms with Crippen molar-refractivity contribution in [3.05, 3.63) is 42.5 Å². The van der Waals surface area contributed by atoms with Crippen molar-refractivity contribution < 1.29 is 4.74 Å². The lowest BCUT2D eigenvalue weighted by atomic mass is 9.92. The zero-order valence-electron chi connectivity index (χ0n) is 11.4. The highest BCUT2D eigenvalue weighted by Crippen LogP contribution is 2.16. The lowest BCUT2D eigenvalue weighted by Crippen LogP contribution is -2.50. The second-order valence-corrected chi connectivity index (χ2v) is 4.79. The molecule has 0 radical (unpaired) electrons. The Hall–Kier alpha value is -1.32. The fourth-order valence-electron chi connectivity index (χ4n) is 1.88. The predicted octanol–water partition coefficient (Wildman–Crippen LogP) is 2.12. The molecule has 0 saturated heterocycles. The van der Waals surface area contributed by atoms with Gasteiger partial charge in [-0.25, -0.2) is 0 Å². The zero-order chi connectivity index (χ0) is 13.4. The lowest BCUT2D eigenvalue weighted by molar-refractivity contribution is 0.365. The Morgan fingerprint density at radius 2 is 2.06 bits per heavy atom. The van der Waals surface area contributed by atoms with Crippen LogP contribution in [-0.2, 0) is 6.42 Å². The molecule has 100 valence electrons. The summed E-state index contributed by atoms with van der Waals surface area (Å²) >= 11 is 0. The van der Waals surface area contributed by atoms with Crippen LogP contribution < -0.4 is 15.8 Å². The normalized spacial score (nSPS) is 13.9. The molecular formula is C15H24N2O. The molecule has 0 aliphatic rings. The van der Waals surface area contributed by atoms with E-state index in [4.69, 9.17) is 10.5 Å². The van der Waals surface area contributed by atoms with Gasteiger partial charge in [-0.05, 0) is 44.0 Å². The van der Waals surface area contributed by atoms with E-state index < -0.39 is 0 Å². The monoisotopic (exact) mass is 248 g/mol. The van der Waals surface area contributed by atoms with E-state index >= 15 is 0 Å². The van der Waals surface area contributed by atoms with Crippen molar-refractivity contribution in [2.75, 3.05) is 20.2 Å². The molecular weight excluding hydrogens is 224 g/mol. The van der Waals surface area contributed by atoms with Gasteiger partial charge in [0.25, 0.3) is 0 Å². The van der Waals surface area contributed by atoms with Crippen LogP contribution in [0.2, 0.25) is 0 Å². The van der Waals surface area contributed by atoms with Gasteiger partial charge in [0, 0.05) is 12.1 Å². The van der Waals surface area contributed by atoms with Crippen molar-refractivity contribution in [2.24, 2.45) is 5.73 Å². The van der Waals surface area contributed by atoms with Crippen LogP contribution in [-0.4, -0.2) is 25.7 Å². The van der Waals surface area contributed by atoms with Crippen LogP contribution in [0.1, 0.15) is 18.9 Å². The summed E-state index contributed by atoms with van der Waals surface area (Å²) in [5, 5.41) is 3.50. The van der Waals surface area contributed by atoms with Crippen LogP contribution in [0.5, 0.6) is 5.75 Å². The van der Waals surface area contributed by atoms with E-state index in [2.05, 4.69) is 31.0 Å². The SMILES string of the molecule is C=CCCNC(C)(CN)Cc1ccc(OC)cc1. The summed E-state index contributed by atoms with van der Waals surface area (Å²) < 4.78 is 5.15. The van der Waals surface area contributed by atoms with E-state index in [0.717, 1.165) is 25.1 Å². The van der Waals surface area contributed by atoms with Crippen LogP contribution >= 0.6 is 0 Å². The molecule has 1 aromatic rings. The molecule has 1 aromatic carbocycles. The largest absolute Gasteiger partial charge is 0.497 e. The Morgan fingerprint density at radius 3 is 2.56 bits per heavy atom. The number of nitrogens with one attached hydrogen (secondary N) is 1. The third kappa shape index (κ3) is 4.51. The van der Waals surface area contributed by atoms with Crippen molar-refractivity contribution in [3.63, 3.8) is 0 Å². The minimum Gasteiger partial charge on any atom is -0.497 e. The van der Waals surface area contributed by atoms with Crippen molar-refractivity contribution in [1.29, 1.82) is 0 Å². The van der Waals surface area contributed by atoms with Crippen LogP contribution in [0.15, 0.2) is 36.9 Å². The van der Waals surface area contributed by atoms with Gasteiger partial charge in [0.15, 0.2) is 0 Å². The molecule has 0 bridgehead atoms. The fraction of sp³-hybridized carbons (Fsp3) is 0.467. The summed E-state index contributed by atoms with van der Waals surface area (Å²) in [6.07, 6.45) is 3.78. The van der Waals surface area contributed by atoms with E-state index in [0.29, 0.717) is 6.54 Å². The third-order valence-corrected chi connectivity index (χ3v) is 3.10. The fourth-order valence-corrected chi connectivity index (χ4v) is 1.88. The van der Waals surface area contributed by atoms with Crippen molar-refractivity contribution in [1.82, 2.24) is 5.32 Å². The van der Waals surface area contributed by atoms with Gasteiger partial charge in [-0.1, -0.05) is 18.2 Å². The van der Waals surface area contributed by atoms with Crippen molar-refractivity contribution in [3.8, 4) is 5.75 Å². The molecule has 0 saturated carbocycles. The maximum Gasteiger partial charge on any atom is 0.118 e. The van der Waals surface area contributed by atoms with Crippen LogP contribution in [0.25, 0.3) is 0 Å². The number of benzene rings is 1. The van der Waals surface area contributed by atoms with Crippen LogP contribution in [0.4, 0.5) is 0 Å². The second-order valence-electron chi connectivity index (χ2n) is 4.79. The Bertz CT molecular complexity index is 361. The molecule has 3 nitrogen and oxygen atoms in total. The Labute approximate surface area is 110 Å². The summed E-state index contributed by atoms with van der Waals surface area (Å²) in [5.74, 6) is 0.882. The summed E-state index contributed by atoms with van der Waals surface area (Å²) in [6, 6.07) is 8.13. The second kappa shape index (κ2) is 7.19. The number of rotatable bonds is 8. The predicted molar refractivity (Wildman–Crippen MR) is 77.0 cm³/mol. The van der Waals surface area contributed by atoms with Crippen LogP contribution in [0, 0.1) is 0 Å². The highest BCUT2D eigenvalue weighted by atomic mass is 16.5. The molecule has 0 fully saturated rings. The van der Waals surface area contributed by atoms with Crippen LogP contribution in [0.3, 0.4) is 0 Å². The van der Waals surface area contributed by atoms with Gasteiger partial charge in [-0.3, -0.25) is 0 Å². The van der Waals surface area contributed by atoms with E-state index in [9.17, 15) is 0 Å². The number of hydrogen-bond donors (Lipinski definition) is 2. The molecule has 0 aromatic heterocycles. The molecule has 3 N–H and O–H groups in total.